The molecule has 0 bridgehead atoms. The molecule has 1 aromatic heterocycles. The van der Waals surface area contributed by atoms with Gasteiger partial charge in [0.25, 0.3) is 5.91 Å². The maximum Gasteiger partial charge on any atom is 0.253 e. The van der Waals surface area contributed by atoms with Crippen LogP contribution in [0.5, 0.6) is 11.5 Å². The lowest BCUT2D eigenvalue weighted by atomic mass is 9.95. The van der Waals surface area contributed by atoms with Gasteiger partial charge in [0.1, 0.15) is 19.0 Å². The summed E-state index contributed by atoms with van der Waals surface area (Å²) in [5.41, 5.74) is 0.674. The average molecular weight is 367 g/mol. The first-order valence-corrected chi connectivity index (χ1v) is 9.98. The van der Waals surface area contributed by atoms with Gasteiger partial charge in [-0.2, -0.15) is 0 Å². The third kappa shape index (κ3) is 3.40. The third-order valence-corrected chi connectivity index (χ3v) is 5.84. The summed E-state index contributed by atoms with van der Waals surface area (Å²) >= 11 is 0. The minimum Gasteiger partial charge on any atom is -0.486 e. The lowest BCUT2D eigenvalue weighted by molar-refractivity contribution is 0.0709. The van der Waals surface area contributed by atoms with Crippen molar-refractivity contribution in [2.24, 2.45) is 5.92 Å². The standard InChI is InChI=1S/C21H25N3O3/c25-21(17-3-4-18-19(13-17)27-12-11-26-18)23-8-5-16(6-9-23)20-22-7-10-24(20)14-15-1-2-15/h3-4,7,10,13,15-16H,1-2,5-6,8-9,11-12,14H2. The smallest absolute Gasteiger partial charge is 0.253 e. The maximum atomic E-state index is 12.9. The summed E-state index contributed by atoms with van der Waals surface area (Å²) in [5, 5.41) is 0. The summed E-state index contributed by atoms with van der Waals surface area (Å²) < 4.78 is 13.5. The normalized spacial score (nSPS) is 19.9. The van der Waals surface area contributed by atoms with Gasteiger partial charge in [0.05, 0.1) is 0 Å². The molecule has 0 unspecified atom stereocenters. The van der Waals surface area contributed by atoms with Gasteiger partial charge in [0, 0.05) is 43.5 Å². The van der Waals surface area contributed by atoms with E-state index in [1.807, 2.05) is 29.3 Å². The Kier molecular flexibility index (Phi) is 4.26. The molecule has 0 radical (unpaired) electrons. The van der Waals surface area contributed by atoms with Crippen molar-refractivity contribution in [3.63, 3.8) is 0 Å². The van der Waals surface area contributed by atoms with E-state index in [1.54, 1.807) is 0 Å². The fourth-order valence-corrected chi connectivity index (χ4v) is 4.11. The Balaban J connectivity index is 1.24. The Bertz CT molecular complexity index is 835. The molecular weight excluding hydrogens is 342 g/mol. The predicted octanol–water partition coefficient (Wildman–Crippen LogP) is 3.08. The van der Waals surface area contributed by atoms with Crippen molar-refractivity contribution in [2.45, 2.75) is 38.1 Å². The van der Waals surface area contributed by atoms with Crippen LogP contribution in [0, 0.1) is 5.92 Å². The lowest BCUT2D eigenvalue weighted by Crippen LogP contribution is -2.38. The van der Waals surface area contributed by atoms with E-state index in [2.05, 4.69) is 15.7 Å². The van der Waals surface area contributed by atoms with Gasteiger partial charge in [0.15, 0.2) is 11.5 Å². The third-order valence-electron chi connectivity index (χ3n) is 5.84. The van der Waals surface area contributed by atoms with E-state index in [9.17, 15) is 4.79 Å². The molecule has 5 rings (SSSR count). The zero-order chi connectivity index (χ0) is 18.2. The van der Waals surface area contributed by atoms with Crippen LogP contribution in [-0.2, 0) is 6.54 Å². The highest BCUT2D eigenvalue weighted by Crippen LogP contribution is 2.34. The molecule has 1 saturated heterocycles. The van der Waals surface area contributed by atoms with Crippen molar-refractivity contribution in [1.29, 1.82) is 0 Å². The van der Waals surface area contributed by atoms with Gasteiger partial charge in [-0.25, -0.2) is 4.98 Å². The van der Waals surface area contributed by atoms with Gasteiger partial charge in [-0.05, 0) is 49.8 Å². The van der Waals surface area contributed by atoms with E-state index in [1.165, 1.54) is 18.7 Å². The minimum atomic E-state index is 0.0757. The highest BCUT2D eigenvalue weighted by Gasteiger charge is 2.29. The largest absolute Gasteiger partial charge is 0.486 e. The number of piperidine rings is 1. The molecule has 6 nitrogen and oxygen atoms in total. The van der Waals surface area contributed by atoms with Crippen molar-refractivity contribution in [1.82, 2.24) is 14.5 Å². The Labute approximate surface area is 159 Å². The second-order valence-corrected chi connectivity index (χ2v) is 7.81. The van der Waals surface area contributed by atoms with E-state index in [-0.39, 0.29) is 5.91 Å². The molecule has 0 N–H and O–H groups in total. The van der Waals surface area contributed by atoms with Crippen LogP contribution in [0.2, 0.25) is 0 Å². The number of likely N-dealkylation sites (tertiary alicyclic amines) is 1. The molecule has 1 aromatic carbocycles. The van der Waals surface area contributed by atoms with Crippen molar-refractivity contribution >= 4 is 5.91 Å². The first-order valence-electron chi connectivity index (χ1n) is 9.98. The zero-order valence-corrected chi connectivity index (χ0v) is 15.5. The van der Waals surface area contributed by atoms with E-state index in [0.717, 1.165) is 44.1 Å². The topological polar surface area (TPSA) is 56.6 Å². The predicted molar refractivity (Wildman–Crippen MR) is 100 cm³/mol. The Morgan fingerprint density at radius 2 is 1.85 bits per heavy atom. The number of aromatic nitrogens is 2. The first-order chi connectivity index (χ1) is 13.3. The van der Waals surface area contributed by atoms with Crippen LogP contribution >= 0.6 is 0 Å². The molecule has 2 fully saturated rings. The molecule has 0 spiro atoms. The van der Waals surface area contributed by atoms with Crippen LogP contribution in [0.25, 0.3) is 0 Å². The summed E-state index contributed by atoms with van der Waals surface area (Å²) in [7, 11) is 0. The highest BCUT2D eigenvalue weighted by atomic mass is 16.6. The lowest BCUT2D eigenvalue weighted by Gasteiger charge is -2.32. The van der Waals surface area contributed by atoms with Gasteiger partial charge in [0.2, 0.25) is 0 Å². The van der Waals surface area contributed by atoms with Crippen LogP contribution in [-0.4, -0.2) is 46.7 Å². The molecule has 3 aliphatic rings. The second-order valence-electron chi connectivity index (χ2n) is 7.81. The quantitative estimate of drug-likeness (QED) is 0.833. The Hall–Kier alpha value is -2.50. The molecule has 142 valence electrons. The number of amides is 1. The van der Waals surface area contributed by atoms with Gasteiger partial charge >= 0.3 is 0 Å². The summed E-state index contributed by atoms with van der Waals surface area (Å²) in [6.07, 6.45) is 8.67. The summed E-state index contributed by atoms with van der Waals surface area (Å²) in [6.45, 7) is 3.74. The summed E-state index contributed by atoms with van der Waals surface area (Å²) in [4.78, 5) is 19.5. The van der Waals surface area contributed by atoms with Crippen LogP contribution in [0.3, 0.4) is 0 Å². The highest BCUT2D eigenvalue weighted by molar-refractivity contribution is 5.95. The van der Waals surface area contributed by atoms with Crippen molar-refractivity contribution in [2.75, 3.05) is 26.3 Å². The summed E-state index contributed by atoms with van der Waals surface area (Å²) in [6, 6.07) is 5.48. The van der Waals surface area contributed by atoms with Crippen molar-refractivity contribution in [3.05, 3.63) is 42.0 Å². The molecule has 2 aliphatic heterocycles. The molecule has 27 heavy (non-hydrogen) atoms. The molecule has 0 atom stereocenters. The van der Waals surface area contributed by atoms with Crippen LogP contribution in [0.1, 0.15) is 47.8 Å². The van der Waals surface area contributed by atoms with Gasteiger partial charge in [-0.3, -0.25) is 4.79 Å². The maximum absolute atomic E-state index is 12.9. The van der Waals surface area contributed by atoms with Crippen molar-refractivity contribution < 1.29 is 14.3 Å². The number of nitrogens with zero attached hydrogens (tertiary/aromatic N) is 3. The van der Waals surface area contributed by atoms with Crippen molar-refractivity contribution in [3.8, 4) is 11.5 Å². The van der Waals surface area contributed by atoms with E-state index < -0.39 is 0 Å². The molecule has 2 aromatic rings. The van der Waals surface area contributed by atoms with E-state index in [0.29, 0.717) is 30.4 Å². The SMILES string of the molecule is O=C(c1ccc2c(c1)OCCO2)N1CCC(c2nccn2CC2CC2)CC1. The molecule has 3 heterocycles. The first kappa shape index (κ1) is 16.7. The number of rotatable bonds is 4. The summed E-state index contributed by atoms with van der Waals surface area (Å²) in [5.74, 6) is 3.96. The number of carbonyl (C=O) groups excluding carboxylic acids is 1. The van der Waals surface area contributed by atoms with Gasteiger partial charge in [-0.15, -0.1) is 0 Å². The number of ether oxygens (including phenoxy) is 2. The van der Waals surface area contributed by atoms with Gasteiger partial charge < -0.3 is 18.9 Å². The zero-order valence-electron chi connectivity index (χ0n) is 15.5. The monoisotopic (exact) mass is 367 g/mol. The van der Waals surface area contributed by atoms with Gasteiger partial charge in [-0.1, -0.05) is 0 Å². The molecule has 6 heteroatoms. The second kappa shape index (κ2) is 6.91. The molecule has 1 amide bonds. The number of fused-ring (bicyclic) bond motifs is 1. The fourth-order valence-electron chi connectivity index (χ4n) is 4.11. The van der Waals surface area contributed by atoms with Crippen LogP contribution < -0.4 is 9.47 Å². The molecule has 1 saturated carbocycles. The van der Waals surface area contributed by atoms with Crippen LogP contribution in [0.15, 0.2) is 30.6 Å². The van der Waals surface area contributed by atoms with E-state index in [4.69, 9.17) is 9.47 Å². The number of imidazole rings is 1. The van der Waals surface area contributed by atoms with E-state index >= 15 is 0 Å². The Morgan fingerprint density at radius 3 is 2.63 bits per heavy atom. The number of benzene rings is 1. The molecular formula is C21H25N3O3. The average Bonchev–Trinajstić information content (AvgIpc) is 3.42. The molecule has 1 aliphatic carbocycles. The Morgan fingerprint density at radius 1 is 1.07 bits per heavy atom. The number of hydrogen-bond donors (Lipinski definition) is 0. The van der Waals surface area contributed by atoms with Crippen LogP contribution in [0.4, 0.5) is 0 Å². The minimum absolute atomic E-state index is 0.0757. The fraction of sp³-hybridized carbons (Fsp3) is 0.524. The number of hydrogen-bond acceptors (Lipinski definition) is 4. The number of carbonyl (C=O) groups is 1.